The Morgan fingerprint density at radius 1 is 1.20 bits per heavy atom. The molecule has 4 rings (SSSR count). The molecular formula is C18H19N3O4. The van der Waals surface area contributed by atoms with Gasteiger partial charge < -0.3 is 19.1 Å². The fourth-order valence-electron chi connectivity index (χ4n) is 3.10. The quantitative estimate of drug-likeness (QED) is 0.846. The number of fused-ring (bicyclic) bond motifs is 1. The SMILES string of the molecule is O=C(C1COc2ccccc2O1)N1CCCC(Oc2cccnn2)C1. The Hall–Kier alpha value is -2.83. The third-order valence-electron chi connectivity index (χ3n) is 4.31. The summed E-state index contributed by atoms with van der Waals surface area (Å²) in [5, 5.41) is 7.74. The molecule has 2 unspecified atom stereocenters. The Balaban J connectivity index is 1.39. The standard InChI is InChI=1S/C18H19N3O4/c22-18(16-12-23-14-6-1-2-7-15(14)25-16)21-10-4-5-13(11-21)24-17-8-3-9-19-20-17/h1-3,6-9,13,16H,4-5,10-12H2. The van der Waals surface area contributed by atoms with E-state index in [4.69, 9.17) is 14.2 Å². The molecule has 2 aromatic rings. The van der Waals surface area contributed by atoms with Crippen LogP contribution >= 0.6 is 0 Å². The minimum atomic E-state index is -0.620. The number of aromatic nitrogens is 2. The molecule has 1 amide bonds. The van der Waals surface area contributed by atoms with Crippen LogP contribution in [0.25, 0.3) is 0 Å². The van der Waals surface area contributed by atoms with E-state index in [0.717, 1.165) is 12.8 Å². The second-order valence-corrected chi connectivity index (χ2v) is 6.09. The molecule has 0 spiro atoms. The molecule has 130 valence electrons. The van der Waals surface area contributed by atoms with Crippen LogP contribution in [0.5, 0.6) is 17.4 Å². The lowest BCUT2D eigenvalue weighted by Crippen LogP contribution is -2.51. The van der Waals surface area contributed by atoms with E-state index in [9.17, 15) is 4.79 Å². The number of hydrogen-bond acceptors (Lipinski definition) is 6. The van der Waals surface area contributed by atoms with Crippen LogP contribution in [0.4, 0.5) is 0 Å². The lowest BCUT2D eigenvalue weighted by Gasteiger charge is -2.35. The number of para-hydroxylation sites is 2. The number of rotatable bonds is 3. The van der Waals surface area contributed by atoms with Gasteiger partial charge >= 0.3 is 0 Å². The third kappa shape index (κ3) is 3.50. The van der Waals surface area contributed by atoms with E-state index < -0.39 is 6.10 Å². The summed E-state index contributed by atoms with van der Waals surface area (Å²) in [4.78, 5) is 14.6. The molecule has 0 radical (unpaired) electrons. The first-order valence-corrected chi connectivity index (χ1v) is 8.41. The van der Waals surface area contributed by atoms with Crippen molar-refractivity contribution in [3.63, 3.8) is 0 Å². The minimum Gasteiger partial charge on any atom is -0.485 e. The Morgan fingerprint density at radius 3 is 2.92 bits per heavy atom. The maximum Gasteiger partial charge on any atom is 0.267 e. The van der Waals surface area contributed by atoms with Gasteiger partial charge in [-0.3, -0.25) is 4.79 Å². The minimum absolute atomic E-state index is 0.0676. The van der Waals surface area contributed by atoms with Crippen molar-refractivity contribution in [2.75, 3.05) is 19.7 Å². The second kappa shape index (κ2) is 6.96. The van der Waals surface area contributed by atoms with Crippen molar-refractivity contribution in [1.82, 2.24) is 15.1 Å². The zero-order valence-electron chi connectivity index (χ0n) is 13.7. The van der Waals surface area contributed by atoms with E-state index in [2.05, 4.69) is 10.2 Å². The van der Waals surface area contributed by atoms with Gasteiger partial charge in [-0.25, -0.2) is 0 Å². The predicted molar refractivity (Wildman–Crippen MR) is 88.6 cm³/mol. The molecular weight excluding hydrogens is 322 g/mol. The molecule has 2 aliphatic heterocycles. The molecule has 0 saturated carbocycles. The van der Waals surface area contributed by atoms with Gasteiger partial charge in [-0.15, -0.1) is 5.10 Å². The molecule has 0 bridgehead atoms. The van der Waals surface area contributed by atoms with Gasteiger partial charge in [0.1, 0.15) is 12.7 Å². The molecule has 1 fully saturated rings. The van der Waals surface area contributed by atoms with Gasteiger partial charge in [0.05, 0.1) is 6.54 Å². The van der Waals surface area contributed by atoms with Crippen LogP contribution in [0.15, 0.2) is 42.6 Å². The zero-order valence-corrected chi connectivity index (χ0v) is 13.7. The number of amides is 1. The molecule has 1 saturated heterocycles. The van der Waals surface area contributed by atoms with E-state index in [1.165, 1.54) is 0 Å². The van der Waals surface area contributed by atoms with E-state index in [1.54, 1.807) is 23.2 Å². The lowest BCUT2D eigenvalue weighted by atomic mass is 10.1. The van der Waals surface area contributed by atoms with Crippen molar-refractivity contribution in [1.29, 1.82) is 0 Å². The van der Waals surface area contributed by atoms with Gasteiger partial charge in [-0.1, -0.05) is 12.1 Å². The largest absolute Gasteiger partial charge is 0.485 e. The zero-order chi connectivity index (χ0) is 17.1. The summed E-state index contributed by atoms with van der Waals surface area (Å²) in [6.07, 6.45) is 2.64. The first-order valence-electron chi connectivity index (χ1n) is 8.41. The normalized spacial score (nSPS) is 22.3. The average molecular weight is 341 g/mol. The van der Waals surface area contributed by atoms with E-state index in [-0.39, 0.29) is 18.6 Å². The molecule has 2 aliphatic rings. The fraction of sp³-hybridized carbons (Fsp3) is 0.389. The molecule has 25 heavy (non-hydrogen) atoms. The molecule has 7 nitrogen and oxygen atoms in total. The van der Waals surface area contributed by atoms with Crippen LogP contribution in [0.1, 0.15) is 12.8 Å². The highest BCUT2D eigenvalue weighted by Crippen LogP contribution is 2.31. The van der Waals surface area contributed by atoms with Gasteiger partial charge in [0, 0.05) is 18.8 Å². The molecule has 0 aliphatic carbocycles. The Morgan fingerprint density at radius 2 is 2.08 bits per heavy atom. The number of ether oxygens (including phenoxy) is 3. The second-order valence-electron chi connectivity index (χ2n) is 6.09. The maximum atomic E-state index is 12.8. The van der Waals surface area contributed by atoms with Crippen molar-refractivity contribution in [2.45, 2.75) is 25.0 Å². The number of piperidine rings is 1. The molecule has 1 aromatic heterocycles. The van der Waals surface area contributed by atoms with Gasteiger partial charge in [-0.2, -0.15) is 5.10 Å². The van der Waals surface area contributed by atoms with Crippen LogP contribution in [0.3, 0.4) is 0 Å². The summed E-state index contributed by atoms with van der Waals surface area (Å²) >= 11 is 0. The highest BCUT2D eigenvalue weighted by Gasteiger charge is 2.34. The van der Waals surface area contributed by atoms with Gasteiger partial charge in [-0.05, 0) is 31.0 Å². The van der Waals surface area contributed by atoms with Crippen LogP contribution in [-0.4, -0.2) is 52.9 Å². The topological polar surface area (TPSA) is 73.8 Å². The van der Waals surface area contributed by atoms with E-state index in [0.29, 0.717) is 30.5 Å². The maximum absolute atomic E-state index is 12.8. The van der Waals surface area contributed by atoms with E-state index in [1.807, 2.05) is 24.3 Å². The highest BCUT2D eigenvalue weighted by molar-refractivity contribution is 5.82. The molecule has 3 heterocycles. The number of hydrogen-bond donors (Lipinski definition) is 0. The van der Waals surface area contributed by atoms with Crippen molar-refractivity contribution in [3.8, 4) is 17.4 Å². The van der Waals surface area contributed by atoms with Gasteiger partial charge in [0.2, 0.25) is 12.0 Å². The van der Waals surface area contributed by atoms with Crippen molar-refractivity contribution in [3.05, 3.63) is 42.6 Å². The summed E-state index contributed by atoms with van der Waals surface area (Å²) < 4.78 is 17.3. The number of carbonyl (C=O) groups is 1. The molecule has 7 heteroatoms. The Bertz CT molecular complexity index is 740. The van der Waals surface area contributed by atoms with Crippen LogP contribution in [0, 0.1) is 0 Å². The van der Waals surface area contributed by atoms with Crippen molar-refractivity contribution < 1.29 is 19.0 Å². The van der Waals surface area contributed by atoms with Gasteiger partial charge in [0.25, 0.3) is 5.91 Å². The predicted octanol–water partition coefficient (Wildman–Crippen LogP) is 1.69. The van der Waals surface area contributed by atoms with Crippen molar-refractivity contribution in [2.24, 2.45) is 0 Å². The fourth-order valence-corrected chi connectivity index (χ4v) is 3.10. The van der Waals surface area contributed by atoms with Crippen LogP contribution in [0.2, 0.25) is 0 Å². The summed E-state index contributed by atoms with van der Waals surface area (Å²) in [5.74, 6) is 1.69. The van der Waals surface area contributed by atoms with Crippen molar-refractivity contribution >= 4 is 5.91 Å². The average Bonchev–Trinajstić information content (AvgIpc) is 2.68. The first-order chi connectivity index (χ1) is 12.3. The van der Waals surface area contributed by atoms with Crippen LogP contribution < -0.4 is 14.2 Å². The molecule has 2 atom stereocenters. The third-order valence-corrected chi connectivity index (χ3v) is 4.31. The summed E-state index contributed by atoms with van der Waals surface area (Å²) in [5.41, 5.74) is 0. The van der Waals surface area contributed by atoms with E-state index >= 15 is 0 Å². The number of benzene rings is 1. The summed E-state index contributed by atoms with van der Waals surface area (Å²) in [6, 6.07) is 10.9. The first kappa shape index (κ1) is 15.7. The smallest absolute Gasteiger partial charge is 0.267 e. The Kier molecular flexibility index (Phi) is 4.37. The van der Waals surface area contributed by atoms with Crippen LogP contribution in [-0.2, 0) is 4.79 Å². The number of likely N-dealkylation sites (tertiary alicyclic amines) is 1. The number of carbonyl (C=O) groups excluding carboxylic acids is 1. The summed E-state index contributed by atoms with van der Waals surface area (Å²) in [6.45, 7) is 1.43. The lowest BCUT2D eigenvalue weighted by molar-refractivity contribution is -0.143. The van der Waals surface area contributed by atoms with Gasteiger partial charge in [0.15, 0.2) is 11.5 Å². The Labute approximate surface area is 145 Å². The molecule has 0 N–H and O–H groups in total. The molecule has 1 aromatic carbocycles. The monoisotopic (exact) mass is 341 g/mol. The summed E-state index contributed by atoms with van der Waals surface area (Å²) in [7, 11) is 0. The number of nitrogens with zero attached hydrogens (tertiary/aromatic N) is 3. The highest BCUT2D eigenvalue weighted by atomic mass is 16.6.